The Labute approximate surface area is 190 Å². The van der Waals surface area contributed by atoms with E-state index in [9.17, 15) is 4.79 Å². The Morgan fingerprint density at radius 3 is 2.62 bits per heavy atom. The molecule has 2 aromatic carbocycles. The zero-order valence-corrected chi connectivity index (χ0v) is 18.7. The van der Waals surface area contributed by atoms with Gasteiger partial charge >= 0.3 is 0 Å². The van der Waals surface area contributed by atoms with Crippen molar-refractivity contribution in [1.82, 2.24) is 20.1 Å². The highest BCUT2D eigenvalue weighted by Crippen LogP contribution is 2.24. The van der Waals surface area contributed by atoms with Crippen molar-refractivity contribution < 1.29 is 13.9 Å². The van der Waals surface area contributed by atoms with Gasteiger partial charge in [0.05, 0.1) is 18.1 Å². The Hall–Kier alpha value is -3.52. The van der Waals surface area contributed by atoms with Crippen molar-refractivity contribution in [3.8, 4) is 11.4 Å². The van der Waals surface area contributed by atoms with Gasteiger partial charge in [0, 0.05) is 5.69 Å². The van der Waals surface area contributed by atoms with E-state index in [2.05, 4.69) is 15.5 Å². The number of thioether (sulfide) groups is 1. The van der Waals surface area contributed by atoms with Gasteiger partial charge in [-0.25, -0.2) is 0 Å². The van der Waals surface area contributed by atoms with Crippen LogP contribution in [0, 0.1) is 6.92 Å². The fourth-order valence-corrected chi connectivity index (χ4v) is 3.99. The maximum absolute atomic E-state index is 12.5. The molecule has 4 rings (SSSR count). The van der Waals surface area contributed by atoms with Crippen LogP contribution in [0.25, 0.3) is 5.69 Å². The van der Waals surface area contributed by atoms with Crippen molar-refractivity contribution in [1.29, 1.82) is 0 Å². The third kappa shape index (κ3) is 5.20. The molecule has 2 aromatic heterocycles. The van der Waals surface area contributed by atoms with Crippen LogP contribution in [-0.4, -0.2) is 26.4 Å². The fraction of sp³-hybridized carbons (Fsp3) is 0.208. The number of carbonyl (C=O) groups excluding carboxylic acids is 1. The first kappa shape index (κ1) is 21.7. The number of ether oxygens (including phenoxy) is 1. The molecule has 7 nitrogen and oxygen atoms in total. The van der Waals surface area contributed by atoms with Crippen molar-refractivity contribution >= 4 is 17.7 Å². The molecule has 0 aliphatic heterocycles. The summed E-state index contributed by atoms with van der Waals surface area (Å²) in [6, 6.07) is 21.1. The first-order chi connectivity index (χ1) is 15.6. The van der Waals surface area contributed by atoms with Gasteiger partial charge in [-0.1, -0.05) is 48.2 Å². The van der Waals surface area contributed by atoms with Crippen LogP contribution in [0.4, 0.5) is 0 Å². The number of furan rings is 1. The number of amides is 1. The first-order valence-corrected chi connectivity index (χ1v) is 11.2. The third-order valence-electron chi connectivity index (χ3n) is 4.84. The molecule has 0 fully saturated rings. The highest BCUT2D eigenvalue weighted by Gasteiger charge is 2.18. The van der Waals surface area contributed by atoms with Gasteiger partial charge in [-0.3, -0.25) is 9.36 Å². The van der Waals surface area contributed by atoms with Crippen molar-refractivity contribution in [2.24, 2.45) is 0 Å². The summed E-state index contributed by atoms with van der Waals surface area (Å²) in [4.78, 5) is 12.5. The summed E-state index contributed by atoms with van der Waals surface area (Å²) < 4.78 is 13.3. The number of nitrogens with zero attached hydrogens (tertiary/aromatic N) is 3. The lowest BCUT2D eigenvalue weighted by atomic mass is 10.2. The summed E-state index contributed by atoms with van der Waals surface area (Å²) in [6.45, 7) is 4.14. The van der Waals surface area contributed by atoms with Gasteiger partial charge in [-0.2, -0.15) is 0 Å². The van der Waals surface area contributed by atoms with Gasteiger partial charge in [-0.05, 0) is 49.7 Å². The summed E-state index contributed by atoms with van der Waals surface area (Å²) in [5.41, 5.74) is 1.96. The third-order valence-corrected chi connectivity index (χ3v) is 5.77. The van der Waals surface area contributed by atoms with Crippen LogP contribution < -0.4 is 10.1 Å². The van der Waals surface area contributed by atoms with Gasteiger partial charge in [0.25, 0.3) is 0 Å². The summed E-state index contributed by atoms with van der Waals surface area (Å²) in [7, 11) is 0. The number of hydrogen-bond acceptors (Lipinski definition) is 6. The van der Waals surface area contributed by atoms with E-state index in [4.69, 9.17) is 9.15 Å². The number of benzene rings is 2. The lowest BCUT2D eigenvalue weighted by Crippen LogP contribution is -2.28. The van der Waals surface area contributed by atoms with Crippen molar-refractivity contribution in [3.05, 3.63) is 90.1 Å². The molecule has 8 heteroatoms. The molecule has 1 unspecified atom stereocenters. The molecule has 4 aromatic rings. The Kier molecular flexibility index (Phi) is 6.91. The fourth-order valence-electron chi connectivity index (χ4n) is 3.21. The number of rotatable bonds is 9. The predicted octanol–water partition coefficient (Wildman–Crippen LogP) is 4.72. The highest BCUT2D eigenvalue weighted by atomic mass is 32.2. The van der Waals surface area contributed by atoms with E-state index in [0.717, 1.165) is 17.0 Å². The number of carbonyl (C=O) groups is 1. The number of aromatic nitrogens is 3. The molecule has 2 heterocycles. The molecule has 164 valence electrons. The van der Waals surface area contributed by atoms with Crippen molar-refractivity contribution in [2.75, 3.05) is 5.75 Å². The van der Waals surface area contributed by atoms with Crippen LogP contribution in [0.15, 0.2) is 82.6 Å². The largest absolute Gasteiger partial charge is 0.485 e. The Morgan fingerprint density at radius 2 is 1.88 bits per heavy atom. The van der Waals surface area contributed by atoms with Crippen LogP contribution >= 0.6 is 11.8 Å². The number of hydrogen-bond donors (Lipinski definition) is 1. The Bertz CT molecular complexity index is 1160. The van der Waals surface area contributed by atoms with E-state index in [0.29, 0.717) is 16.7 Å². The number of nitrogens with one attached hydrogen (secondary N) is 1. The standard InChI is InChI=1S/C24H24N4O3S/c1-17-9-6-7-12-20(17)31-15-22-26-27-24(28(22)19-10-4-3-5-11-19)32-16-23(29)25-18(2)21-13-8-14-30-21/h3-14,18H,15-16H2,1-2H3,(H,25,29). The topological polar surface area (TPSA) is 82.2 Å². The zero-order chi connectivity index (χ0) is 22.3. The van der Waals surface area contributed by atoms with E-state index in [-0.39, 0.29) is 24.3 Å². The molecule has 0 saturated carbocycles. The average molecular weight is 449 g/mol. The molecule has 0 spiro atoms. The van der Waals surface area contributed by atoms with E-state index >= 15 is 0 Å². The molecule has 1 amide bonds. The van der Waals surface area contributed by atoms with E-state index in [1.165, 1.54) is 11.8 Å². The summed E-state index contributed by atoms with van der Waals surface area (Å²) in [5, 5.41) is 12.2. The second kappa shape index (κ2) is 10.2. The molecular formula is C24H24N4O3S. The lowest BCUT2D eigenvalue weighted by molar-refractivity contribution is -0.119. The molecule has 1 N–H and O–H groups in total. The molecule has 0 aliphatic rings. The van der Waals surface area contributed by atoms with Gasteiger partial charge < -0.3 is 14.5 Å². The average Bonchev–Trinajstić information content (AvgIpc) is 3.48. The molecule has 32 heavy (non-hydrogen) atoms. The van der Waals surface area contributed by atoms with Gasteiger partial charge in [0.15, 0.2) is 11.0 Å². The van der Waals surface area contributed by atoms with Crippen LogP contribution in [0.3, 0.4) is 0 Å². The van der Waals surface area contributed by atoms with Crippen molar-refractivity contribution in [3.63, 3.8) is 0 Å². The first-order valence-electron chi connectivity index (χ1n) is 10.3. The van der Waals surface area contributed by atoms with Crippen LogP contribution in [0.2, 0.25) is 0 Å². The molecule has 0 radical (unpaired) electrons. The second-order valence-corrected chi connectivity index (χ2v) is 8.16. The summed E-state index contributed by atoms with van der Waals surface area (Å²) in [5.74, 6) is 2.27. The Morgan fingerprint density at radius 1 is 1.09 bits per heavy atom. The highest BCUT2D eigenvalue weighted by molar-refractivity contribution is 7.99. The minimum absolute atomic E-state index is 0.112. The smallest absolute Gasteiger partial charge is 0.231 e. The molecule has 0 aliphatic carbocycles. The van der Waals surface area contributed by atoms with Crippen LogP contribution in [0.1, 0.15) is 30.1 Å². The SMILES string of the molecule is Cc1ccccc1OCc1nnc(SCC(=O)NC(C)c2ccco2)n1-c1ccccc1. The maximum atomic E-state index is 12.5. The molecular weight excluding hydrogens is 424 g/mol. The molecule has 0 bridgehead atoms. The normalized spacial score (nSPS) is 11.8. The number of aryl methyl sites for hydroxylation is 1. The van der Waals surface area contributed by atoms with Gasteiger partial charge in [0.1, 0.15) is 18.1 Å². The van der Waals surface area contributed by atoms with E-state index in [1.807, 2.05) is 79.1 Å². The zero-order valence-electron chi connectivity index (χ0n) is 17.9. The Balaban J connectivity index is 1.48. The van der Waals surface area contributed by atoms with Crippen LogP contribution in [0.5, 0.6) is 5.75 Å². The van der Waals surface area contributed by atoms with E-state index < -0.39 is 0 Å². The quantitative estimate of drug-likeness (QED) is 0.373. The van der Waals surface area contributed by atoms with Crippen molar-refractivity contribution in [2.45, 2.75) is 31.7 Å². The lowest BCUT2D eigenvalue weighted by Gasteiger charge is -2.13. The summed E-state index contributed by atoms with van der Waals surface area (Å²) >= 11 is 1.33. The monoisotopic (exact) mass is 448 g/mol. The maximum Gasteiger partial charge on any atom is 0.231 e. The van der Waals surface area contributed by atoms with E-state index in [1.54, 1.807) is 12.3 Å². The predicted molar refractivity (Wildman–Crippen MR) is 123 cm³/mol. The second-order valence-electron chi connectivity index (χ2n) is 7.22. The van der Waals surface area contributed by atoms with Gasteiger partial charge in [0.2, 0.25) is 5.91 Å². The minimum atomic E-state index is -0.205. The number of para-hydroxylation sites is 2. The molecule has 0 saturated heterocycles. The minimum Gasteiger partial charge on any atom is -0.485 e. The summed E-state index contributed by atoms with van der Waals surface area (Å²) in [6.07, 6.45) is 1.59. The molecule has 1 atom stereocenters. The van der Waals surface area contributed by atoms with Gasteiger partial charge in [-0.15, -0.1) is 10.2 Å². The van der Waals surface area contributed by atoms with Crippen LogP contribution in [-0.2, 0) is 11.4 Å².